The van der Waals surface area contributed by atoms with Gasteiger partial charge in [-0.15, -0.1) is 0 Å². The molecule has 0 radical (unpaired) electrons. The molecule has 1 N–H and O–H groups in total. The fourth-order valence-corrected chi connectivity index (χ4v) is 2.66. The molecule has 8 heteroatoms. The topological polar surface area (TPSA) is 92.8 Å². The maximum absolute atomic E-state index is 12.0. The summed E-state index contributed by atoms with van der Waals surface area (Å²) in [6.45, 7) is 3.98. The Labute approximate surface area is 136 Å². The fourth-order valence-electron chi connectivity index (χ4n) is 1.81. The number of nitrogens with zero attached hydrogens (tertiary/aromatic N) is 1. The Morgan fingerprint density at radius 1 is 1.30 bits per heavy atom. The second kappa shape index (κ2) is 7.96. The Balaban J connectivity index is 3.04. The number of ether oxygens (including phenoxy) is 1. The summed E-state index contributed by atoms with van der Waals surface area (Å²) in [4.78, 5) is 23.5. The van der Waals surface area contributed by atoms with E-state index in [-0.39, 0.29) is 23.7 Å². The van der Waals surface area contributed by atoms with Crippen LogP contribution in [0.15, 0.2) is 24.3 Å². The summed E-state index contributed by atoms with van der Waals surface area (Å²) in [5, 5.41) is 2.67. The summed E-state index contributed by atoms with van der Waals surface area (Å²) in [6.07, 6.45) is 1.01. The molecule has 1 amide bonds. The first kappa shape index (κ1) is 19.0. The number of sulfonamides is 1. The largest absolute Gasteiger partial charge is 0.465 e. The minimum absolute atomic E-state index is 0.209. The van der Waals surface area contributed by atoms with Crippen molar-refractivity contribution in [1.82, 2.24) is 5.32 Å². The molecule has 23 heavy (non-hydrogen) atoms. The van der Waals surface area contributed by atoms with E-state index in [0.29, 0.717) is 6.54 Å². The number of amides is 1. The zero-order chi connectivity index (χ0) is 17.6. The molecule has 0 aromatic heterocycles. The number of carbonyl (C=O) groups is 2. The predicted octanol–water partition coefficient (Wildman–Crippen LogP) is 1.01. The molecule has 128 valence electrons. The Bertz CT molecular complexity index is 670. The number of hydrogen-bond acceptors (Lipinski definition) is 5. The average Bonchev–Trinajstić information content (AvgIpc) is 2.48. The molecule has 0 aliphatic heterocycles. The van der Waals surface area contributed by atoms with E-state index in [1.54, 1.807) is 0 Å². The van der Waals surface area contributed by atoms with Gasteiger partial charge in [-0.25, -0.2) is 13.2 Å². The summed E-state index contributed by atoms with van der Waals surface area (Å²) in [5.41, 5.74) is 0.441. The minimum Gasteiger partial charge on any atom is -0.465 e. The van der Waals surface area contributed by atoms with Crippen molar-refractivity contribution in [2.24, 2.45) is 5.92 Å². The Morgan fingerprint density at radius 2 is 1.96 bits per heavy atom. The Morgan fingerprint density at radius 3 is 2.48 bits per heavy atom. The molecular weight excluding hydrogens is 320 g/mol. The molecule has 7 nitrogen and oxygen atoms in total. The van der Waals surface area contributed by atoms with Gasteiger partial charge in [0.2, 0.25) is 15.9 Å². The molecule has 0 spiro atoms. The van der Waals surface area contributed by atoms with E-state index in [0.717, 1.165) is 10.6 Å². The second-order valence-corrected chi connectivity index (χ2v) is 7.42. The van der Waals surface area contributed by atoms with Gasteiger partial charge in [-0.3, -0.25) is 9.10 Å². The van der Waals surface area contributed by atoms with Gasteiger partial charge in [0.25, 0.3) is 0 Å². The third-order valence-electron chi connectivity index (χ3n) is 2.95. The number of esters is 1. The number of rotatable bonds is 7. The van der Waals surface area contributed by atoms with Gasteiger partial charge in [0, 0.05) is 6.54 Å². The normalized spacial score (nSPS) is 11.2. The van der Waals surface area contributed by atoms with Crippen LogP contribution in [0.2, 0.25) is 0 Å². The van der Waals surface area contributed by atoms with Crippen LogP contribution in [0.4, 0.5) is 5.69 Å². The van der Waals surface area contributed by atoms with Gasteiger partial charge in [0.05, 0.1) is 24.6 Å². The first-order chi connectivity index (χ1) is 10.6. The summed E-state index contributed by atoms with van der Waals surface area (Å²) >= 11 is 0. The van der Waals surface area contributed by atoms with Crippen LogP contribution in [-0.2, 0) is 19.6 Å². The van der Waals surface area contributed by atoms with Gasteiger partial charge < -0.3 is 10.1 Å². The van der Waals surface area contributed by atoms with Crippen molar-refractivity contribution in [3.05, 3.63) is 29.8 Å². The van der Waals surface area contributed by atoms with E-state index in [9.17, 15) is 18.0 Å². The van der Waals surface area contributed by atoms with E-state index in [1.807, 2.05) is 13.8 Å². The van der Waals surface area contributed by atoms with Crippen LogP contribution in [0.5, 0.6) is 0 Å². The highest BCUT2D eigenvalue weighted by Gasteiger charge is 2.22. The van der Waals surface area contributed by atoms with Crippen molar-refractivity contribution < 1.29 is 22.7 Å². The fraction of sp³-hybridized carbons (Fsp3) is 0.467. The monoisotopic (exact) mass is 342 g/mol. The zero-order valence-electron chi connectivity index (χ0n) is 13.7. The van der Waals surface area contributed by atoms with Crippen molar-refractivity contribution in [1.29, 1.82) is 0 Å². The molecule has 1 rings (SSSR count). The van der Waals surface area contributed by atoms with Crippen LogP contribution in [-0.4, -0.2) is 46.7 Å². The van der Waals surface area contributed by atoms with E-state index in [4.69, 9.17) is 0 Å². The summed E-state index contributed by atoms with van der Waals surface area (Å²) in [7, 11) is -2.44. The molecule has 0 aliphatic rings. The van der Waals surface area contributed by atoms with Gasteiger partial charge in [-0.2, -0.15) is 0 Å². The molecule has 0 heterocycles. The van der Waals surface area contributed by atoms with E-state index in [1.165, 1.54) is 31.4 Å². The van der Waals surface area contributed by atoms with Crippen molar-refractivity contribution in [3.63, 3.8) is 0 Å². The average molecular weight is 342 g/mol. The highest BCUT2D eigenvalue weighted by atomic mass is 32.2. The van der Waals surface area contributed by atoms with Gasteiger partial charge in [-0.1, -0.05) is 19.9 Å². The van der Waals surface area contributed by atoms with Crippen LogP contribution in [0.1, 0.15) is 24.2 Å². The number of hydrogen-bond donors (Lipinski definition) is 1. The molecule has 0 saturated carbocycles. The third-order valence-corrected chi connectivity index (χ3v) is 4.09. The summed E-state index contributed by atoms with van der Waals surface area (Å²) in [5.74, 6) is -0.731. The van der Waals surface area contributed by atoms with Crippen LogP contribution in [0, 0.1) is 5.92 Å². The maximum atomic E-state index is 12.0. The molecule has 1 aromatic rings. The third kappa shape index (κ3) is 5.90. The quantitative estimate of drug-likeness (QED) is 0.747. The van der Waals surface area contributed by atoms with Crippen LogP contribution in [0.25, 0.3) is 0 Å². The Kier molecular flexibility index (Phi) is 6.56. The summed E-state index contributed by atoms with van der Waals surface area (Å²) < 4.78 is 29.5. The first-order valence-electron chi connectivity index (χ1n) is 7.08. The molecule has 0 fully saturated rings. The molecule has 0 unspecified atom stereocenters. The number of carbonyl (C=O) groups excluding carboxylic acids is 2. The van der Waals surface area contributed by atoms with Crippen LogP contribution < -0.4 is 9.62 Å². The van der Waals surface area contributed by atoms with Crippen molar-refractivity contribution >= 4 is 27.6 Å². The van der Waals surface area contributed by atoms with Crippen molar-refractivity contribution in [2.75, 3.05) is 30.8 Å². The Hall–Kier alpha value is -2.09. The molecule has 1 aromatic carbocycles. The highest BCUT2D eigenvalue weighted by molar-refractivity contribution is 7.92. The van der Waals surface area contributed by atoms with Crippen molar-refractivity contribution in [3.8, 4) is 0 Å². The number of anilines is 1. The molecule has 0 saturated heterocycles. The minimum atomic E-state index is -3.68. The van der Waals surface area contributed by atoms with Gasteiger partial charge >= 0.3 is 5.97 Å². The van der Waals surface area contributed by atoms with Crippen LogP contribution >= 0.6 is 0 Å². The van der Waals surface area contributed by atoms with Gasteiger partial charge in [-0.05, 0) is 24.1 Å². The van der Waals surface area contributed by atoms with Gasteiger partial charge in [0.1, 0.15) is 6.54 Å². The number of benzene rings is 1. The lowest BCUT2D eigenvalue weighted by Gasteiger charge is -2.22. The highest BCUT2D eigenvalue weighted by Crippen LogP contribution is 2.19. The van der Waals surface area contributed by atoms with Crippen LogP contribution in [0.3, 0.4) is 0 Å². The molecule has 0 aliphatic carbocycles. The van der Waals surface area contributed by atoms with E-state index in [2.05, 4.69) is 10.1 Å². The first-order valence-corrected chi connectivity index (χ1v) is 8.92. The molecule has 0 atom stereocenters. The predicted molar refractivity (Wildman–Crippen MR) is 87.8 cm³/mol. The lowest BCUT2D eigenvalue weighted by molar-refractivity contribution is -0.119. The van der Waals surface area contributed by atoms with Gasteiger partial charge in [0.15, 0.2) is 0 Å². The SMILES string of the molecule is COC(=O)c1cccc(N(CC(=O)NCC(C)C)S(C)(=O)=O)c1. The van der Waals surface area contributed by atoms with Crippen molar-refractivity contribution in [2.45, 2.75) is 13.8 Å². The summed E-state index contributed by atoms with van der Waals surface area (Å²) in [6, 6.07) is 5.94. The molecule has 0 bridgehead atoms. The maximum Gasteiger partial charge on any atom is 0.337 e. The smallest absolute Gasteiger partial charge is 0.337 e. The van der Waals surface area contributed by atoms with E-state index < -0.39 is 21.9 Å². The number of methoxy groups -OCH3 is 1. The zero-order valence-corrected chi connectivity index (χ0v) is 14.5. The molecular formula is C15H22N2O5S. The standard InChI is InChI=1S/C15H22N2O5S/c1-11(2)9-16-14(18)10-17(23(4,20)21)13-7-5-6-12(8-13)15(19)22-3/h5-8,11H,9-10H2,1-4H3,(H,16,18). The lowest BCUT2D eigenvalue weighted by Crippen LogP contribution is -2.41. The lowest BCUT2D eigenvalue weighted by atomic mass is 10.2. The van der Waals surface area contributed by atoms with E-state index >= 15 is 0 Å². The number of nitrogens with one attached hydrogen (secondary N) is 1. The second-order valence-electron chi connectivity index (χ2n) is 5.51.